The van der Waals surface area contributed by atoms with E-state index in [0.29, 0.717) is 21.7 Å². The van der Waals surface area contributed by atoms with Crippen molar-refractivity contribution in [3.63, 3.8) is 0 Å². The molecule has 0 aliphatic heterocycles. The summed E-state index contributed by atoms with van der Waals surface area (Å²) in [4.78, 5) is 25.6. The van der Waals surface area contributed by atoms with Crippen LogP contribution in [0.2, 0.25) is 5.02 Å². The molecule has 3 nitrogen and oxygen atoms in total. The van der Waals surface area contributed by atoms with Gasteiger partial charge in [-0.25, -0.2) is 4.79 Å². The van der Waals surface area contributed by atoms with Crippen molar-refractivity contribution in [3.05, 3.63) is 106 Å². The number of halogens is 1. The van der Waals surface area contributed by atoms with Crippen LogP contribution in [0.15, 0.2) is 72.8 Å². The van der Waals surface area contributed by atoms with Crippen LogP contribution in [-0.2, 0) is 4.74 Å². The minimum Gasteiger partial charge on any atom is -0.445 e. The smallest absolute Gasteiger partial charge is 0.339 e. The Morgan fingerprint density at radius 2 is 1.22 bits per heavy atom. The first-order valence-corrected chi connectivity index (χ1v) is 8.96. The molecule has 136 valence electrons. The molecule has 27 heavy (non-hydrogen) atoms. The number of aryl methyl sites for hydroxylation is 2. The van der Waals surface area contributed by atoms with Gasteiger partial charge in [-0.3, -0.25) is 4.79 Å². The second-order valence-corrected chi connectivity index (χ2v) is 6.87. The highest BCUT2D eigenvalue weighted by molar-refractivity contribution is 6.30. The van der Waals surface area contributed by atoms with Crippen LogP contribution >= 0.6 is 11.6 Å². The lowest BCUT2D eigenvalue weighted by atomic mass is 9.98. The number of benzene rings is 3. The maximum Gasteiger partial charge on any atom is 0.339 e. The largest absolute Gasteiger partial charge is 0.445 e. The zero-order valence-corrected chi connectivity index (χ0v) is 15.9. The van der Waals surface area contributed by atoms with Crippen LogP contribution in [0, 0.1) is 13.8 Å². The average Bonchev–Trinajstić information content (AvgIpc) is 2.67. The first kappa shape index (κ1) is 18.9. The number of hydrogen-bond acceptors (Lipinski definition) is 3. The van der Waals surface area contributed by atoms with E-state index in [9.17, 15) is 9.59 Å². The summed E-state index contributed by atoms with van der Waals surface area (Å²) in [5.74, 6) is -0.834. The van der Waals surface area contributed by atoms with Gasteiger partial charge in [0.1, 0.15) is 0 Å². The molecule has 0 saturated carbocycles. The molecular formula is C23H19ClO3. The highest BCUT2D eigenvalue weighted by atomic mass is 35.5. The molecule has 3 aromatic rings. The molecule has 3 aromatic carbocycles. The molecule has 0 spiro atoms. The van der Waals surface area contributed by atoms with Gasteiger partial charge in [0.05, 0.1) is 5.56 Å². The highest BCUT2D eigenvalue weighted by Crippen LogP contribution is 2.25. The fraction of sp³-hybridized carbons (Fsp3) is 0.130. The van der Waals surface area contributed by atoms with Gasteiger partial charge in [0.2, 0.25) is 5.78 Å². The molecule has 0 N–H and O–H groups in total. The summed E-state index contributed by atoms with van der Waals surface area (Å²) in [7, 11) is 0. The molecule has 0 heterocycles. The van der Waals surface area contributed by atoms with E-state index in [1.807, 2.05) is 38.1 Å². The lowest BCUT2D eigenvalue weighted by Crippen LogP contribution is -2.20. The molecule has 0 aliphatic rings. The molecular weight excluding hydrogens is 360 g/mol. The van der Waals surface area contributed by atoms with Gasteiger partial charge >= 0.3 is 5.97 Å². The Morgan fingerprint density at radius 3 is 1.78 bits per heavy atom. The summed E-state index contributed by atoms with van der Waals surface area (Å²) in [6, 6.07) is 21.0. The lowest BCUT2D eigenvalue weighted by Gasteiger charge is -2.18. The third-order valence-electron chi connectivity index (χ3n) is 4.26. The quantitative estimate of drug-likeness (QED) is 0.420. The third kappa shape index (κ3) is 4.63. The Morgan fingerprint density at radius 1 is 0.741 bits per heavy atom. The predicted molar refractivity (Wildman–Crippen MR) is 106 cm³/mol. The third-order valence-corrected chi connectivity index (χ3v) is 4.51. The van der Waals surface area contributed by atoms with Gasteiger partial charge in [0.25, 0.3) is 0 Å². The molecule has 0 amide bonds. The summed E-state index contributed by atoms with van der Waals surface area (Å²) in [6.45, 7) is 3.91. The fourth-order valence-corrected chi connectivity index (χ4v) is 2.77. The second-order valence-electron chi connectivity index (χ2n) is 6.43. The monoisotopic (exact) mass is 378 g/mol. The zero-order valence-electron chi connectivity index (χ0n) is 15.1. The van der Waals surface area contributed by atoms with E-state index in [1.165, 1.54) is 0 Å². The SMILES string of the molecule is Cc1ccc(C(=O)[C@H](OC(=O)c2ccc(Cl)cc2)c2ccc(C)cc2)cc1. The Balaban J connectivity index is 1.93. The lowest BCUT2D eigenvalue weighted by molar-refractivity contribution is 0.0280. The van der Waals surface area contributed by atoms with Crippen molar-refractivity contribution in [1.82, 2.24) is 0 Å². The highest BCUT2D eigenvalue weighted by Gasteiger charge is 2.26. The van der Waals surface area contributed by atoms with Crippen LogP contribution in [0.5, 0.6) is 0 Å². The van der Waals surface area contributed by atoms with Gasteiger partial charge in [-0.05, 0) is 38.1 Å². The maximum atomic E-state index is 13.1. The van der Waals surface area contributed by atoms with Crippen LogP contribution < -0.4 is 0 Å². The first-order chi connectivity index (χ1) is 12.9. The number of ether oxygens (including phenoxy) is 1. The zero-order chi connectivity index (χ0) is 19.4. The Bertz CT molecular complexity index is 942. The molecule has 0 radical (unpaired) electrons. The molecule has 0 fully saturated rings. The van der Waals surface area contributed by atoms with Gasteiger partial charge in [0, 0.05) is 16.1 Å². The Hall–Kier alpha value is -2.91. The van der Waals surface area contributed by atoms with Crippen molar-refractivity contribution in [2.75, 3.05) is 0 Å². The summed E-state index contributed by atoms with van der Waals surface area (Å²) < 4.78 is 5.62. The van der Waals surface area contributed by atoms with Gasteiger partial charge in [-0.2, -0.15) is 0 Å². The molecule has 1 atom stereocenters. The van der Waals surface area contributed by atoms with E-state index in [4.69, 9.17) is 16.3 Å². The first-order valence-electron chi connectivity index (χ1n) is 8.58. The number of carbonyl (C=O) groups is 2. The van der Waals surface area contributed by atoms with E-state index < -0.39 is 12.1 Å². The molecule has 0 aliphatic carbocycles. The summed E-state index contributed by atoms with van der Waals surface area (Å²) in [5.41, 5.74) is 3.58. The molecule has 0 bridgehead atoms. The van der Waals surface area contributed by atoms with Crippen molar-refractivity contribution in [3.8, 4) is 0 Å². The van der Waals surface area contributed by atoms with Crippen LogP contribution in [-0.4, -0.2) is 11.8 Å². The molecule has 0 unspecified atom stereocenters. The number of ketones is 1. The van der Waals surface area contributed by atoms with Gasteiger partial charge < -0.3 is 4.74 Å². The topological polar surface area (TPSA) is 43.4 Å². The van der Waals surface area contributed by atoms with Crippen molar-refractivity contribution in [2.24, 2.45) is 0 Å². The van der Waals surface area contributed by atoms with E-state index >= 15 is 0 Å². The predicted octanol–water partition coefficient (Wildman–Crippen LogP) is 5.74. The summed E-state index contributed by atoms with van der Waals surface area (Å²) >= 11 is 5.87. The van der Waals surface area contributed by atoms with Crippen LogP contribution in [0.4, 0.5) is 0 Å². The molecule has 0 aromatic heterocycles. The molecule has 3 rings (SSSR count). The normalized spacial score (nSPS) is 11.7. The standard InChI is InChI=1S/C23H19ClO3/c1-15-3-7-17(8-4-15)21(25)22(18-9-5-16(2)6-10-18)27-23(26)19-11-13-20(24)14-12-19/h3-14,22H,1-2H3/t22-/m1/s1. The van der Waals surface area contributed by atoms with E-state index in [2.05, 4.69) is 0 Å². The number of carbonyl (C=O) groups excluding carboxylic acids is 2. The van der Waals surface area contributed by atoms with Gasteiger partial charge in [0.15, 0.2) is 6.10 Å². The second kappa shape index (κ2) is 8.19. The number of esters is 1. The maximum absolute atomic E-state index is 13.1. The van der Waals surface area contributed by atoms with Gasteiger partial charge in [-0.15, -0.1) is 0 Å². The van der Waals surface area contributed by atoms with Crippen LogP contribution in [0.1, 0.15) is 43.5 Å². The van der Waals surface area contributed by atoms with Crippen molar-refractivity contribution in [2.45, 2.75) is 20.0 Å². The van der Waals surface area contributed by atoms with Crippen molar-refractivity contribution >= 4 is 23.4 Å². The minimum atomic E-state index is -1.02. The summed E-state index contributed by atoms with van der Waals surface area (Å²) in [5, 5.41) is 0.525. The minimum absolute atomic E-state index is 0.263. The summed E-state index contributed by atoms with van der Waals surface area (Å²) in [6.07, 6.45) is -1.02. The van der Waals surface area contributed by atoms with E-state index in [-0.39, 0.29) is 5.78 Å². The van der Waals surface area contributed by atoms with Gasteiger partial charge in [-0.1, -0.05) is 71.3 Å². The average molecular weight is 379 g/mol. The van der Waals surface area contributed by atoms with E-state index in [0.717, 1.165) is 11.1 Å². The Labute approximate surface area is 163 Å². The number of hydrogen-bond donors (Lipinski definition) is 0. The number of rotatable bonds is 5. The van der Waals surface area contributed by atoms with Crippen LogP contribution in [0.25, 0.3) is 0 Å². The molecule has 0 saturated heterocycles. The van der Waals surface area contributed by atoms with Crippen LogP contribution in [0.3, 0.4) is 0 Å². The van der Waals surface area contributed by atoms with Crippen molar-refractivity contribution in [1.29, 1.82) is 0 Å². The van der Waals surface area contributed by atoms with Crippen molar-refractivity contribution < 1.29 is 14.3 Å². The van der Waals surface area contributed by atoms with E-state index in [1.54, 1.807) is 48.5 Å². The number of Topliss-reactive ketones (excluding diaryl/α,β-unsaturated/α-hetero) is 1. The fourth-order valence-electron chi connectivity index (χ4n) is 2.64. The molecule has 4 heteroatoms. The Kier molecular flexibility index (Phi) is 5.72.